The van der Waals surface area contributed by atoms with Crippen molar-refractivity contribution in [3.05, 3.63) is 95.8 Å². The quantitative estimate of drug-likeness (QED) is 0.311. The average Bonchev–Trinajstić information content (AvgIpc) is 3.43. The van der Waals surface area contributed by atoms with Crippen LogP contribution in [0.4, 0.5) is 5.69 Å². The van der Waals surface area contributed by atoms with Crippen LogP contribution < -0.4 is 5.01 Å². The van der Waals surface area contributed by atoms with Crippen molar-refractivity contribution in [1.29, 1.82) is 0 Å². The molecule has 0 aliphatic carbocycles. The van der Waals surface area contributed by atoms with Gasteiger partial charge in [-0.1, -0.05) is 24.8 Å². The number of carboxylic acid groups (broad SMARTS) is 1. The molecule has 8 nitrogen and oxygen atoms in total. The molecule has 0 radical (unpaired) electrons. The van der Waals surface area contributed by atoms with Gasteiger partial charge in [-0.25, -0.2) is 9.59 Å². The third-order valence-electron chi connectivity index (χ3n) is 5.07. The summed E-state index contributed by atoms with van der Waals surface area (Å²) in [6, 6.07) is 16.2. The Bertz CT molecular complexity index is 1330. The lowest BCUT2D eigenvalue weighted by Gasteiger charge is -2.11. The first-order valence-electron chi connectivity index (χ1n) is 10.3. The monoisotopic (exact) mass is 456 g/mol. The Morgan fingerprint density at radius 1 is 1.06 bits per heavy atom. The van der Waals surface area contributed by atoms with E-state index >= 15 is 0 Å². The number of furan rings is 1. The molecule has 1 amide bonds. The number of anilines is 1. The van der Waals surface area contributed by atoms with Gasteiger partial charge in [0.15, 0.2) is 0 Å². The van der Waals surface area contributed by atoms with E-state index < -0.39 is 11.9 Å². The summed E-state index contributed by atoms with van der Waals surface area (Å²) in [5, 5.41) is 14.6. The summed E-state index contributed by atoms with van der Waals surface area (Å²) in [6.45, 7) is 5.37. The molecule has 2 heterocycles. The van der Waals surface area contributed by atoms with Crippen LogP contribution in [-0.4, -0.2) is 35.3 Å². The first kappa shape index (κ1) is 22.5. The van der Waals surface area contributed by atoms with Crippen LogP contribution in [0.15, 0.2) is 88.4 Å². The Hall–Kier alpha value is -4.72. The van der Waals surface area contributed by atoms with Gasteiger partial charge in [0.1, 0.15) is 18.1 Å². The molecule has 2 aromatic carbocycles. The van der Waals surface area contributed by atoms with Crippen LogP contribution in [0.3, 0.4) is 0 Å². The Balaban J connectivity index is 1.51. The molecule has 1 aromatic heterocycles. The van der Waals surface area contributed by atoms with Gasteiger partial charge in [-0.15, -0.1) is 0 Å². The minimum Gasteiger partial charge on any atom is -0.478 e. The number of rotatable bonds is 7. The molecule has 1 aliphatic rings. The van der Waals surface area contributed by atoms with Crippen LogP contribution in [0.5, 0.6) is 0 Å². The molecule has 170 valence electrons. The SMILES string of the molecule is C=CCOC(=O)c1ccc(-c2ccc(/C=C3\C(=O)N(c4ccc(C(=O)O)cc4)N=C3C)o2)cc1. The smallest absolute Gasteiger partial charge is 0.338 e. The summed E-state index contributed by atoms with van der Waals surface area (Å²) >= 11 is 0. The molecule has 1 N–H and O–H groups in total. The third kappa shape index (κ3) is 4.56. The number of carboxylic acids is 1. The normalized spacial score (nSPS) is 14.3. The van der Waals surface area contributed by atoms with Crippen molar-refractivity contribution >= 4 is 35.3 Å². The lowest BCUT2D eigenvalue weighted by molar-refractivity contribution is -0.114. The number of nitrogens with zero attached hydrogens (tertiary/aromatic N) is 2. The van der Waals surface area contributed by atoms with E-state index in [2.05, 4.69) is 11.7 Å². The molecule has 0 unspecified atom stereocenters. The lowest BCUT2D eigenvalue weighted by atomic mass is 10.1. The Morgan fingerprint density at radius 2 is 1.74 bits per heavy atom. The van der Waals surface area contributed by atoms with E-state index in [-0.39, 0.29) is 18.1 Å². The maximum Gasteiger partial charge on any atom is 0.338 e. The number of hydrogen-bond donors (Lipinski definition) is 1. The van der Waals surface area contributed by atoms with Gasteiger partial charge in [-0.2, -0.15) is 10.1 Å². The molecule has 8 heteroatoms. The number of ether oxygens (including phenoxy) is 1. The lowest BCUT2D eigenvalue weighted by Crippen LogP contribution is -2.21. The predicted octanol–water partition coefficient (Wildman–Crippen LogP) is 4.79. The van der Waals surface area contributed by atoms with E-state index in [0.29, 0.717) is 34.1 Å². The molecule has 3 aromatic rings. The summed E-state index contributed by atoms with van der Waals surface area (Å²) in [6.07, 6.45) is 3.11. The second kappa shape index (κ2) is 9.41. The van der Waals surface area contributed by atoms with Gasteiger partial charge >= 0.3 is 11.9 Å². The molecule has 0 bridgehead atoms. The van der Waals surface area contributed by atoms with Crippen molar-refractivity contribution in [2.75, 3.05) is 11.6 Å². The zero-order chi connectivity index (χ0) is 24.2. The van der Waals surface area contributed by atoms with Gasteiger partial charge in [0.25, 0.3) is 5.91 Å². The molecule has 0 saturated carbocycles. The molecular weight excluding hydrogens is 436 g/mol. The van der Waals surface area contributed by atoms with Gasteiger partial charge in [0.2, 0.25) is 0 Å². The topological polar surface area (TPSA) is 109 Å². The molecule has 4 rings (SSSR count). The number of carbonyl (C=O) groups is 3. The zero-order valence-corrected chi connectivity index (χ0v) is 18.2. The predicted molar refractivity (Wildman–Crippen MR) is 127 cm³/mol. The van der Waals surface area contributed by atoms with E-state index in [1.807, 2.05) is 0 Å². The van der Waals surface area contributed by atoms with Crippen LogP contribution in [0.1, 0.15) is 33.4 Å². The fourth-order valence-electron chi connectivity index (χ4n) is 3.32. The number of benzene rings is 2. The van der Waals surface area contributed by atoms with Gasteiger partial charge in [-0.3, -0.25) is 4.79 Å². The Labute approximate surface area is 195 Å². The summed E-state index contributed by atoms with van der Waals surface area (Å²) in [5.41, 5.74) is 2.63. The van der Waals surface area contributed by atoms with Crippen molar-refractivity contribution < 1.29 is 28.6 Å². The number of aromatic carboxylic acids is 1. The minimum atomic E-state index is -1.05. The fraction of sp³-hybridized carbons (Fsp3) is 0.0769. The highest BCUT2D eigenvalue weighted by Crippen LogP contribution is 2.28. The first-order chi connectivity index (χ1) is 16.4. The van der Waals surface area contributed by atoms with E-state index in [4.69, 9.17) is 14.3 Å². The number of hydrogen-bond acceptors (Lipinski definition) is 6. The highest BCUT2D eigenvalue weighted by molar-refractivity contribution is 6.32. The largest absolute Gasteiger partial charge is 0.478 e. The maximum absolute atomic E-state index is 12.9. The number of esters is 1. The molecule has 34 heavy (non-hydrogen) atoms. The van der Waals surface area contributed by atoms with Gasteiger partial charge in [-0.05, 0) is 61.5 Å². The summed E-state index contributed by atoms with van der Waals surface area (Å²) < 4.78 is 10.9. The summed E-state index contributed by atoms with van der Waals surface area (Å²) in [7, 11) is 0. The van der Waals surface area contributed by atoms with Crippen molar-refractivity contribution in [3.63, 3.8) is 0 Å². The first-order valence-corrected chi connectivity index (χ1v) is 10.3. The van der Waals surface area contributed by atoms with Crippen molar-refractivity contribution in [1.82, 2.24) is 0 Å². The third-order valence-corrected chi connectivity index (χ3v) is 5.07. The summed E-state index contributed by atoms with van der Waals surface area (Å²) in [5.74, 6) is -0.797. The average molecular weight is 456 g/mol. The summed E-state index contributed by atoms with van der Waals surface area (Å²) in [4.78, 5) is 35.9. The molecule has 0 atom stereocenters. The highest BCUT2D eigenvalue weighted by Gasteiger charge is 2.29. The second-order valence-corrected chi connectivity index (χ2v) is 7.38. The number of carbonyl (C=O) groups excluding carboxylic acids is 2. The molecule has 1 aliphatic heterocycles. The van der Waals surface area contributed by atoms with Gasteiger partial charge in [0.05, 0.1) is 28.1 Å². The van der Waals surface area contributed by atoms with Crippen LogP contribution in [-0.2, 0) is 9.53 Å². The van der Waals surface area contributed by atoms with E-state index in [0.717, 1.165) is 5.56 Å². The molecule has 0 fully saturated rings. The molecule has 0 spiro atoms. The van der Waals surface area contributed by atoms with E-state index in [1.54, 1.807) is 49.4 Å². The van der Waals surface area contributed by atoms with E-state index in [9.17, 15) is 14.4 Å². The minimum absolute atomic E-state index is 0.122. The van der Waals surface area contributed by atoms with Crippen LogP contribution in [0, 0.1) is 0 Å². The highest BCUT2D eigenvalue weighted by atomic mass is 16.5. The van der Waals surface area contributed by atoms with Crippen LogP contribution in [0.2, 0.25) is 0 Å². The standard InChI is InChI=1S/C26H20N2O6/c1-3-14-33-26(32)19-6-4-17(5-7-19)23-13-12-21(34-23)15-22-16(2)27-28(24(22)29)20-10-8-18(9-11-20)25(30)31/h3-13,15H,1,14H2,2H3,(H,30,31)/b22-15-. The zero-order valence-electron chi connectivity index (χ0n) is 18.2. The number of hydrazone groups is 1. The van der Waals surface area contributed by atoms with Crippen molar-refractivity contribution in [2.45, 2.75) is 6.92 Å². The van der Waals surface area contributed by atoms with Crippen molar-refractivity contribution in [2.24, 2.45) is 5.10 Å². The van der Waals surface area contributed by atoms with E-state index in [1.165, 1.54) is 35.4 Å². The van der Waals surface area contributed by atoms with Crippen LogP contribution in [0.25, 0.3) is 17.4 Å². The Kier molecular flexibility index (Phi) is 6.22. The molecule has 0 saturated heterocycles. The molecular formula is C26H20N2O6. The van der Waals surface area contributed by atoms with Gasteiger partial charge < -0.3 is 14.3 Å². The Morgan fingerprint density at radius 3 is 2.38 bits per heavy atom. The van der Waals surface area contributed by atoms with Crippen LogP contribution >= 0.6 is 0 Å². The maximum atomic E-state index is 12.9. The van der Waals surface area contributed by atoms with Gasteiger partial charge in [0, 0.05) is 5.56 Å². The second-order valence-electron chi connectivity index (χ2n) is 7.38. The van der Waals surface area contributed by atoms with Crippen molar-refractivity contribution in [3.8, 4) is 11.3 Å². The fourth-order valence-corrected chi connectivity index (χ4v) is 3.32. The number of amides is 1.